The number of hydrogen-bond acceptors (Lipinski definition) is 9. The van der Waals surface area contributed by atoms with Gasteiger partial charge in [-0.2, -0.15) is 4.37 Å². The molecule has 2 saturated heterocycles. The summed E-state index contributed by atoms with van der Waals surface area (Å²) in [5.74, 6) is 2.08. The molecule has 0 bridgehead atoms. The molecular formula is C44H48Cl3N7O3S. The molecule has 4 aliphatic heterocycles. The summed E-state index contributed by atoms with van der Waals surface area (Å²) in [6.07, 6.45) is 4.83. The number of amides is 2. The zero-order chi connectivity index (χ0) is 40.0. The molecule has 0 unspecified atom stereocenters. The summed E-state index contributed by atoms with van der Waals surface area (Å²) >= 11 is 20.5. The van der Waals surface area contributed by atoms with Crippen molar-refractivity contribution in [3.05, 3.63) is 105 Å². The number of halogens is 3. The second-order valence-electron chi connectivity index (χ2n) is 15.2. The Morgan fingerprint density at radius 1 is 0.690 bits per heavy atom. The molecule has 10 nitrogen and oxygen atoms in total. The van der Waals surface area contributed by atoms with Gasteiger partial charge < -0.3 is 25.2 Å². The van der Waals surface area contributed by atoms with E-state index in [-0.39, 0.29) is 11.8 Å². The van der Waals surface area contributed by atoms with Gasteiger partial charge in [-0.1, -0.05) is 65.1 Å². The van der Waals surface area contributed by atoms with E-state index in [0.29, 0.717) is 29.5 Å². The predicted octanol–water partition coefficient (Wildman–Crippen LogP) is 8.67. The first-order valence-electron chi connectivity index (χ1n) is 20.2. The topological polar surface area (TPSA) is 93.3 Å². The molecule has 0 aliphatic carbocycles. The molecule has 0 atom stereocenters. The van der Waals surface area contributed by atoms with Crippen molar-refractivity contribution in [1.82, 2.24) is 14.2 Å². The number of rotatable bonds is 11. The molecule has 5 heterocycles. The SMILES string of the molecule is O=C1CCc2ccc(OCCCCN3CCN(c4cccc(Cl)c4Cl)CC3)cc2N1.O=C1Cc2cc(CCN3CCN(c4nsc5ccccc45)CC3)c(Cl)cc2N1. The van der Waals surface area contributed by atoms with E-state index in [0.717, 1.165) is 136 Å². The summed E-state index contributed by atoms with van der Waals surface area (Å²) in [4.78, 5) is 32.8. The Hall–Kier alpha value is -4.10. The molecule has 304 valence electrons. The lowest BCUT2D eigenvalue weighted by molar-refractivity contribution is -0.116. The van der Waals surface area contributed by atoms with Crippen LogP contribution < -0.4 is 25.2 Å². The number of carbonyl (C=O) groups excluding carboxylic acids is 2. The first kappa shape index (κ1) is 40.7. The van der Waals surface area contributed by atoms with Crippen LogP contribution in [0.2, 0.25) is 15.1 Å². The van der Waals surface area contributed by atoms with Crippen LogP contribution >= 0.6 is 46.3 Å². The first-order valence-corrected chi connectivity index (χ1v) is 22.1. The quantitative estimate of drug-likeness (QED) is 0.128. The van der Waals surface area contributed by atoms with Gasteiger partial charge in [-0.25, -0.2) is 0 Å². The number of aromatic nitrogens is 1. The highest BCUT2D eigenvalue weighted by atomic mass is 35.5. The van der Waals surface area contributed by atoms with Crippen LogP contribution in [0.1, 0.15) is 36.0 Å². The Kier molecular flexibility index (Phi) is 13.2. The molecule has 0 radical (unpaired) electrons. The highest BCUT2D eigenvalue weighted by molar-refractivity contribution is 7.13. The Balaban J connectivity index is 0.000000162. The van der Waals surface area contributed by atoms with Crippen molar-refractivity contribution < 1.29 is 14.3 Å². The molecule has 4 aliphatic rings. The van der Waals surface area contributed by atoms with E-state index < -0.39 is 0 Å². The third-order valence-electron chi connectivity index (χ3n) is 11.4. The van der Waals surface area contributed by atoms with Crippen molar-refractivity contribution in [3.8, 4) is 5.75 Å². The fraction of sp³-hybridized carbons (Fsp3) is 0.386. The first-order chi connectivity index (χ1) is 28.3. The number of carbonyl (C=O) groups is 2. The van der Waals surface area contributed by atoms with Gasteiger partial charge in [-0.05, 0) is 96.8 Å². The van der Waals surface area contributed by atoms with Crippen molar-refractivity contribution >= 4 is 91.1 Å². The van der Waals surface area contributed by atoms with Crippen LogP contribution in [0.25, 0.3) is 10.1 Å². The largest absolute Gasteiger partial charge is 0.494 e. The zero-order valence-electron chi connectivity index (χ0n) is 32.5. The van der Waals surface area contributed by atoms with Crippen LogP contribution in [-0.4, -0.2) is 98.0 Å². The van der Waals surface area contributed by atoms with Gasteiger partial charge in [-0.15, -0.1) is 0 Å². The summed E-state index contributed by atoms with van der Waals surface area (Å²) in [7, 11) is 0. The number of aryl methyl sites for hydroxylation is 1. The molecule has 58 heavy (non-hydrogen) atoms. The standard InChI is InChI=1S/C23H27Cl2N3O2.C21H21ClN4OS/c24-19-4-3-5-21(23(19)25)28-13-11-27(12-14-28)10-1-2-15-30-18-8-6-17-7-9-22(29)26-20(17)16-18;22-17-13-18-15(12-20(27)23-18)11-14(17)5-6-25-7-9-26(10-8-25)21-16-3-1-2-4-19(16)28-24-21/h3-6,8,16H,1-2,7,9-15H2,(H,26,29);1-4,11,13H,5-10,12H2,(H,23,27). The molecule has 9 rings (SSSR count). The second kappa shape index (κ2) is 18.9. The fourth-order valence-electron chi connectivity index (χ4n) is 8.07. The number of hydrogen-bond donors (Lipinski definition) is 2. The number of nitrogens with one attached hydrogen (secondary N) is 2. The van der Waals surface area contributed by atoms with E-state index in [9.17, 15) is 9.59 Å². The average molecular weight is 861 g/mol. The average Bonchev–Trinajstić information content (AvgIpc) is 3.83. The molecule has 0 spiro atoms. The summed E-state index contributed by atoms with van der Waals surface area (Å²) in [5.41, 5.74) is 6.15. The van der Waals surface area contributed by atoms with E-state index in [1.165, 1.54) is 15.6 Å². The van der Waals surface area contributed by atoms with Crippen molar-refractivity contribution in [1.29, 1.82) is 0 Å². The Bertz CT molecular complexity index is 2260. The van der Waals surface area contributed by atoms with Gasteiger partial charge >= 0.3 is 0 Å². The van der Waals surface area contributed by atoms with Gasteiger partial charge in [0.25, 0.3) is 0 Å². The van der Waals surface area contributed by atoms with Gasteiger partial charge in [-0.3, -0.25) is 19.4 Å². The lowest BCUT2D eigenvalue weighted by atomic mass is 10.0. The maximum absolute atomic E-state index is 11.6. The zero-order valence-corrected chi connectivity index (χ0v) is 35.5. The fourth-order valence-corrected chi connectivity index (χ4v) is 9.54. The van der Waals surface area contributed by atoms with E-state index >= 15 is 0 Å². The number of benzene rings is 4. The van der Waals surface area contributed by atoms with Gasteiger partial charge in [0.2, 0.25) is 11.8 Å². The van der Waals surface area contributed by atoms with E-state index in [2.05, 4.69) is 71.0 Å². The van der Waals surface area contributed by atoms with Crippen molar-refractivity contribution in [3.63, 3.8) is 0 Å². The lowest BCUT2D eigenvalue weighted by Gasteiger charge is -2.36. The van der Waals surface area contributed by atoms with E-state index in [1.807, 2.05) is 36.4 Å². The van der Waals surface area contributed by atoms with Gasteiger partial charge in [0, 0.05) is 93.2 Å². The van der Waals surface area contributed by atoms with E-state index in [4.69, 9.17) is 39.5 Å². The number of anilines is 4. The Morgan fingerprint density at radius 2 is 1.43 bits per heavy atom. The van der Waals surface area contributed by atoms with Crippen LogP contribution in [0.3, 0.4) is 0 Å². The minimum Gasteiger partial charge on any atom is -0.494 e. The van der Waals surface area contributed by atoms with Gasteiger partial charge in [0.15, 0.2) is 0 Å². The molecule has 2 amide bonds. The van der Waals surface area contributed by atoms with Crippen LogP contribution in [0.4, 0.5) is 22.9 Å². The molecule has 5 aromatic rings. The molecule has 4 aromatic carbocycles. The lowest BCUT2D eigenvalue weighted by Crippen LogP contribution is -2.47. The van der Waals surface area contributed by atoms with Crippen molar-refractivity contribution in [2.75, 3.05) is 92.5 Å². The van der Waals surface area contributed by atoms with E-state index in [1.54, 1.807) is 11.5 Å². The minimum absolute atomic E-state index is 0.0499. The second-order valence-corrected chi connectivity index (χ2v) is 17.2. The highest BCUT2D eigenvalue weighted by Gasteiger charge is 2.23. The molecular weight excluding hydrogens is 813 g/mol. The van der Waals surface area contributed by atoms with Crippen molar-refractivity contribution in [2.24, 2.45) is 0 Å². The number of ether oxygens (including phenoxy) is 1. The predicted molar refractivity (Wildman–Crippen MR) is 239 cm³/mol. The summed E-state index contributed by atoms with van der Waals surface area (Å²) in [5, 5.41) is 9.04. The molecule has 0 saturated carbocycles. The summed E-state index contributed by atoms with van der Waals surface area (Å²) in [6.45, 7) is 10.7. The molecule has 2 N–H and O–H groups in total. The third kappa shape index (κ3) is 9.84. The number of nitrogens with zero attached hydrogens (tertiary/aromatic N) is 5. The smallest absolute Gasteiger partial charge is 0.228 e. The molecule has 2 fully saturated rings. The Labute approximate surface area is 359 Å². The van der Waals surface area contributed by atoms with Crippen LogP contribution in [0.5, 0.6) is 5.75 Å². The van der Waals surface area contributed by atoms with Crippen LogP contribution in [0, 0.1) is 0 Å². The number of piperazine rings is 2. The Morgan fingerprint density at radius 3 is 2.26 bits per heavy atom. The van der Waals surface area contributed by atoms with Crippen molar-refractivity contribution in [2.45, 2.75) is 38.5 Å². The van der Waals surface area contributed by atoms with Crippen LogP contribution in [0.15, 0.2) is 72.8 Å². The van der Waals surface area contributed by atoms with Crippen LogP contribution in [-0.2, 0) is 28.9 Å². The number of fused-ring (bicyclic) bond motifs is 3. The van der Waals surface area contributed by atoms with Gasteiger partial charge in [0.05, 0.1) is 33.5 Å². The van der Waals surface area contributed by atoms with Gasteiger partial charge in [0.1, 0.15) is 11.6 Å². The summed E-state index contributed by atoms with van der Waals surface area (Å²) in [6, 6.07) is 24.2. The molecule has 14 heteroatoms. The highest BCUT2D eigenvalue weighted by Crippen LogP contribution is 2.34. The molecule has 1 aromatic heterocycles. The maximum Gasteiger partial charge on any atom is 0.228 e. The summed E-state index contributed by atoms with van der Waals surface area (Å²) < 4.78 is 11.8. The third-order valence-corrected chi connectivity index (χ3v) is 13.4. The maximum atomic E-state index is 11.6. The normalized spacial score (nSPS) is 17.0. The number of unbranched alkanes of at least 4 members (excludes halogenated alkanes) is 1. The monoisotopic (exact) mass is 859 g/mol. The minimum atomic E-state index is 0.0499.